The average molecular weight is 407 g/mol. The molecule has 0 N–H and O–H groups in total. The first-order valence-corrected chi connectivity index (χ1v) is 10.6. The van der Waals surface area contributed by atoms with Crippen LogP contribution >= 0.6 is 11.8 Å². The summed E-state index contributed by atoms with van der Waals surface area (Å²) >= 11 is 1.35. The van der Waals surface area contributed by atoms with Crippen molar-refractivity contribution in [2.75, 3.05) is 5.75 Å². The van der Waals surface area contributed by atoms with Gasteiger partial charge in [-0.15, -0.1) is 10.2 Å². The van der Waals surface area contributed by atoms with Crippen LogP contribution < -0.4 is 5.56 Å². The third-order valence-corrected chi connectivity index (χ3v) is 6.55. The average Bonchev–Trinajstić information content (AvgIpc) is 3.38. The molecular weight excluding hydrogens is 386 g/mol. The first-order chi connectivity index (χ1) is 14.0. The van der Waals surface area contributed by atoms with E-state index in [0.29, 0.717) is 22.4 Å². The molecule has 1 aromatic carbocycles. The normalized spacial score (nSPS) is 14.2. The second kappa shape index (κ2) is 6.59. The number of carbonyl (C=O) groups excluding carboxylic acids is 1. The first kappa shape index (κ1) is 18.2. The minimum atomic E-state index is -0.111. The van der Waals surface area contributed by atoms with Crippen LogP contribution in [-0.2, 0) is 7.05 Å². The summed E-state index contributed by atoms with van der Waals surface area (Å²) in [5.41, 5.74) is 3.62. The van der Waals surface area contributed by atoms with Crippen molar-refractivity contribution in [1.82, 2.24) is 23.7 Å². The lowest BCUT2D eigenvalue weighted by Crippen LogP contribution is -2.20. The van der Waals surface area contributed by atoms with Gasteiger partial charge >= 0.3 is 0 Å². The van der Waals surface area contributed by atoms with Gasteiger partial charge in [-0.2, -0.15) is 0 Å². The van der Waals surface area contributed by atoms with Crippen LogP contribution in [0.2, 0.25) is 0 Å². The molecule has 0 amide bonds. The Bertz CT molecular complexity index is 1340. The number of fused-ring (bicyclic) bond motifs is 3. The quantitative estimate of drug-likeness (QED) is 0.375. The van der Waals surface area contributed by atoms with Crippen LogP contribution in [0.25, 0.3) is 16.7 Å². The topological polar surface area (TPSA) is 74.2 Å². The van der Waals surface area contributed by atoms with Crippen LogP contribution in [0.4, 0.5) is 0 Å². The second-order valence-corrected chi connectivity index (χ2v) is 8.54. The Hall–Kier alpha value is -2.87. The highest BCUT2D eigenvalue weighted by Gasteiger charge is 2.28. The highest BCUT2D eigenvalue weighted by Crippen LogP contribution is 2.38. The van der Waals surface area contributed by atoms with Gasteiger partial charge in [0, 0.05) is 30.0 Å². The summed E-state index contributed by atoms with van der Waals surface area (Å²) in [6.07, 6.45) is 2.38. The molecule has 29 heavy (non-hydrogen) atoms. The van der Waals surface area contributed by atoms with Crippen LogP contribution in [0.1, 0.15) is 40.6 Å². The number of aromatic nitrogens is 5. The monoisotopic (exact) mass is 407 g/mol. The van der Waals surface area contributed by atoms with Gasteiger partial charge in [0.05, 0.1) is 16.7 Å². The van der Waals surface area contributed by atoms with Gasteiger partial charge in [0.1, 0.15) is 0 Å². The second-order valence-electron chi connectivity index (χ2n) is 7.60. The molecule has 0 saturated heterocycles. The molecule has 0 atom stereocenters. The SMILES string of the molecule is Cc1cc(C(=O)CSc2nnc3n(C)c(=O)c4ccccc4n23)c(C)n1C1CC1. The molecule has 1 aliphatic rings. The molecule has 0 bridgehead atoms. The van der Waals surface area contributed by atoms with E-state index in [2.05, 4.69) is 21.7 Å². The van der Waals surface area contributed by atoms with E-state index in [1.54, 1.807) is 13.1 Å². The molecule has 5 rings (SSSR count). The third-order valence-electron chi connectivity index (χ3n) is 5.63. The number of Topliss-reactive ketones (excluding diaryl/α,β-unsaturated/α-hetero) is 1. The Morgan fingerprint density at radius 3 is 2.72 bits per heavy atom. The van der Waals surface area contributed by atoms with Gasteiger partial charge in [-0.1, -0.05) is 23.9 Å². The fraction of sp³-hybridized carbons (Fsp3) is 0.333. The Morgan fingerprint density at radius 2 is 1.97 bits per heavy atom. The van der Waals surface area contributed by atoms with Crippen LogP contribution in [-0.4, -0.2) is 35.3 Å². The van der Waals surface area contributed by atoms with E-state index >= 15 is 0 Å². The first-order valence-electron chi connectivity index (χ1n) is 9.64. The molecule has 0 aliphatic heterocycles. The van der Waals surface area contributed by atoms with E-state index in [9.17, 15) is 9.59 Å². The number of aryl methyl sites for hydroxylation is 2. The summed E-state index contributed by atoms with van der Waals surface area (Å²) in [6.45, 7) is 4.09. The van der Waals surface area contributed by atoms with Crippen molar-refractivity contribution in [1.29, 1.82) is 0 Å². The van der Waals surface area contributed by atoms with Crippen molar-refractivity contribution in [2.24, 2.45) is 7.05 Å². The van der Waals surface area contributed by atoms with Gasteiger partial charge in [-0.3, -0.25) is 18.6 Å². The largest absolute Gasteiger partial charge is 0.345 e. The molecule has 0 spiro atoms. The summed E-state index contributed by atoms with van der Waals surface area (Å²) in [6, 6.07) is 9.94. The van der Waals surface area contributed by atoms with Gasteiger partial charge < -0.3 is 4.57 Å². The summed E-state index contributed by atoms with van der Waals surface area (Å²) in [5, 5.41) is 9.65. The van der Waals surface area contributed by atoms with E-state index in [1.807, 2.05) is 35.6 Å². The molecule has 1 aliphatic carbocycles. The van der Waals surface area contributed by atoms with Crippen molar-refractivity contribution >= 4 is 34.2 Å². The number of thioether (sulfide) groups is 1. The van der Waals surface area contributed by atoms with Crippen LogP contribution in [0, 0.1) is 13.8 Å². The molecule has 1 fully saturated rings. The van der Waals surface area contributed by atoms with E-state index in [-0.39, 0.29) is 17.1 Å². The summed E-state index contributed by atoms with van der Waals surface area (Å²) < 4.78 is 5.63. The number of para-hydroxylation sites is 1. The molecule has 0 unspecified atom stereocenters. The number of nitrogens with zero attached hydrogens (tertiary/aromatic N) is 5. The Balaban J connectivity index is 1.50. The van der Waals surface area contributed by atoms with E-state index in [1.165, 1.54) is 29.2 Å². The van der Waals surface area contributed by atoms with E-state index < -0.39 is 0 Å². The highest BCUT2D eigenvalue weighted by atomic mass is 32.2. The highest BCUT2D eigenvalue weighted by molar-refractivity contribution is 7.99. The number of hydrogen-bond donors (Lipinski definition) is 0. The Kier molecular flexibility index (Phi) is 4.13. The number of rotatable bonds is 5. The van der Waals surface area contributed by atoms with Crippen LogP contribution in [0.15, 0.2) is 40.3 Å². The minimum Gasteiger partial charge on any atom is -0.345 e. The lowest BCUT2D eigenvalue weighted by Gasteiger charge is -2.08. The van der Waals surface area contributed by atoms with Gasteiger partial charge in [0.25, 0.3) is 5.56 Å². The van der Waals surface area contributed by atoms with Crippen molar-refractivity contribution < 1.29 is 4.79 Å². The molecule has 3 heterocycles. The molecule has 0 radical (unpaired) electrons. The summed E-state index contributed by atoms with van der Waals surface area (Å²) in [4.78, 5) is 25.5. The standard InChI is InChI=1S/C21H21N5O2S/c1-12-10-16(13(2)25(12)14-8-9-14)18(27)11-29-21-23-22-20-24(3)19(28)15-6-4-5-7-17(15)26(20)21/h4-7,10,14H,8-9,11H2,1-3H3. The predicted octanol–water partition coefficient (Wildman–Crippen LogP) is 3.31. The van der Waals surface area contributed by atoms with Crippen LogP contribution in [0.3, 0.4) is 0 Å². The van der Waals surface area contributed by atoms with Crippen LogP contribution in [0.5, 0.6) is 0 Å². The molecule has 7 nitrogen and oxygen atoms in total. The molecular formula is C21H21N5O2S. The van der Waals surface area contributed by atoms with Gasteiger partial charge in [0.15, 0.2) is 10.9 Å². The number of hydrogen-bond acceptors (Lipinski definition) is 5. The zero-order valence-electron chi connectivity index (χ0n) is 16.5. The molecule has 3 aromatic heterocycles. The fourth-order valence-corrected chi connectivity index (χ4v) is 4.89. The molecule has 1 saturated carbocycles. The number of benzene rings is 1. The Morgan fingerprint density at radius 1 is 1.21 bits per heavy atom. The van der Waals surface area contributed by atoms with Gasteiger partial charge in [0.2, 0.25) is 5.78 Å². The van der Waals surface area contributed by atoms with Gasteiger partial charge in [-0.05, 0) is 44.9 Å². The molecule has 4 aromatic rings. The van der Waals surface area contributed by atoms with E-state index in [0.717, 1.165) is 22.5 Å². The van der Waals surface area contributed by atoms with Crippen molar-refractivity contribution in [3.05, 3.63) is 57.6 Å². The maximum Gasteiger partial charge on any atom is 0.262 e. The maximum atomic E-state index is 12.9. The van der Waals surface area contributed by atoms with Crippen molar-refractivity contribution in [3.8, 4) is 0 Å². The lowest BCUT2D eigenvalue weighted by atomic mass is 10.2. The fourth-order valence-electron chi connectivity index (χ4n) is 4.07. The summed E-state index contributed by atoms with van der Waals surface area (Å²) in [7, 11) is 1.69. The zero-order chi connectivity index (χ0) is 20.3. The molecule has 8 heteroatoms. The lowest BCUT2D eigenvalue weighted by molar-refractivity contribution is 0.102. The Labute approximate surface area is 171 Å². The van der Waals surface area contributed by atoms with Gasteiger partial charge in [-0.25, -0.2) is 0 Å². The smallest absolute Gasteiger partial charge is 0.262 e. The predicted molar refractivity (Wildman–Crippen MR) is 113 cm³/mol. The third kappa shape index (κ3) is 2.81. The summed E-state index contributed by atoms with van der Waals surface area (Å²) in [5.74, 6) is 0.823. The maximum absolute atomic E-state index is 12.9. The van der Waals surface area contributed by atoms with E-state index in [4.69, 9.17) is 0 Å². The minimum absolute atomic E-state index is 0.0841. The molecule has 148 valence electrons. The number of ketones is 1. The number of carbonyl (C=O) groups is 1. The van der Waals surface area contributed by atoms with Crippen molar-refractivity contribution in [3.63, 3.8) is 0 Å². The zero-order valence-corrected chi connectivity index (χ0v) is 17.4. The van der Waals surface area contributed by atoms with Crippen molar-refractivity contribution in [2.45, 2.75) is 37.9 Å².